The van der Waals surface area contributed by atoms with Crippen LogP contribution in [0.2, 0.25) is 5.02 Å². The standard InChI is InChI=1S/C11H7ClN4O/c12-8-5-7(1-2-9(8)14)17-11-10(6-13)15-3-4-16-11/h1-5H,14H2. The van der Waals surface area contributed by atoms with E-state index in [0.717, 1.165) is 0 Å². The van der Waals surface area contributed by atoms with Crippen molar-refractivity contribution in [1.29, 1.82) is 5.26 Å². The van der Waals surface area contributed by atoms with Gasteiger partial charge < -0.3 is 10.5 Å². The highest BCUT2D eigenvalue weighted by Gasteiger charge is 2.07. The van der Waals surface area contributed by atoms with Crippen LogP contribution in [0, 0.1) is 11.3 Å². The second-order valence-corrected chi connectivity index (χ2v) is 3.51. The Kier molecular flexibility index (Phi) is 3.08. The second kappa shape index (κ2) is 4.68. The molecule has 1 aromatic heterocycles. The third-order valence-corrected chi connectivity index (χ3v) is 2.28. The molecule has 0 saturated heterocycles. The molecule has 1 aromatic carbocycles. The minimum Gasteiger partial charge on any atom is -0.436 e. The average Bonchev–Trinajstić information content (AvgIpc) is 2.34. The first-order chi connectivity index (χ1) is 8.20. The monoisotopic (exact) mass is 246 g/mol. The molecule has 0 atom stereocenters. The van der Waals surface area contributed by atoms with Crippen LogP contribution in [0.5, 0.6) is 11.6 Å². The quantitative estimate of drug-likeness (QED) is 0.823. The molecule has 0 bridgehead atoms. The van der Waals surface area contributed by atoms with Crippen LogP contribution in [-0.4, -0.2) is 9.97 Å². The van der Waals surface area contributed by atoms with E-state index in [0.29, 0.717) is 16.5 Å². The lowest BCUT2D eigenvalue weighted by molar-refractivity contribution is 0.458. The van der Waals surface area contributed by atoms with E-state index in [2.05, 4.69) is 9.97 Å². The van der Waals surface area contributed by atoms with Crippen LogP contribution in [0.4, 0.5) is 5.69 Å². The van der Waals surface area contributed by atoms with E-state index < -0.39 is 0 Å². The number of anilines is 1. The van der Waals surface area contributed by atoms with Gasteiger partial charge in [-0.05, 0) is 12.1 Å². The van der Waals surface area contributed by atoms with Gasteiger partial charge in [0.15, 0.2) is 0 Å². The van der Waals surface area contributed by atoms with Crippen molar-refractivity contribution >= 4 is 17.3 Å². The van der Waals surface area contributed by atoms with E-state index in [9.17, 15) is 0 Å². The highest BCUT2D eigenvalue weighted by atomic mass is 35.5. The van der Waals surface area contributed by atoms with Crippen molar-refractivity contribution in [2.45, 2.75) is 0 Å². The van der Waals surface area contributed by atoms with Crippen molar-refractivity contribution in [3.8, 4) is 17.7 Å². The molecule has 17 heavy (non-hydrogen) atoms. The van der Waals surface area contributed by atoms with E-state index in [1.54, 1.807) is 18.2 Å². The van der Waals surface area contributed by atoms with Crippen LogP contribution in [0.15, 0.2) is 30.6 Å². The minimum absolute atomic E-state index is 0.112. The van der Waals surface area contributed by atoms with Crippen LogP contribution in [0.1, 0.15) is 5.69 Å². The number of aromatic nitrogens is 2. The molecule has 0 fully saturated rings. The van der Waals surface area contributed by atoms with E-state index >= 15 is 0 Å². The summed E-state index contributed by atoms with van der Waals surface area (Å²) in [4.78, 5) is 7.74. The Morgan fingerprint density at radius 1 is 1.29 bits per heavy atom. The number of nitrogens with two attached hydrogens (primary N) is 1. The maximum absolute atomic E-state index is 8.82. The fourth-order valence-corrected chi connectivity index (χ4v) is 1.33. The summed E-state index contributed by atoms with van der Waals surface area (Å²) in [6.07, 6.45) is 2.86. The van der Waals surface area contributed by atoms with Crippen molar-refractivity contribution in [1.82, 2.24) is 9.97 Å². The van der Waals surface area contributed by atoms with Gasteiger partial charge >= 0.3 is 0 Å². The van der Waals surface area contributed by atoms with Gasteiger partial charge in [0, 0.05) is 18.5 Å². The molecule has 0 radical (unpaired) electrons. The Morgan fingerprint density at radius 2 is 2.06 bits per heavy atom. The molecular formula is C11H7ClN4O. The van der Waals surface area contributed by atoms with Gasteiger partial charge in [0.1, 0.15) is 11.8 Å². The van der Waals surface area contributed by atoms with Gasteiger partial charge in [-0.1, -0.05) is 11.6 Å². The molecule has 1 heterocycles. The summed E-state index contributed by atoms with van der Waals surface area (Å²) in [5.41, 5.74) is 6.14. The zero-order valence-electron chi connectivity index (χ0n) is 8.59. The molecule has 2 N–H and O–H groups in total. The molecule has 0 aliphatic rings. The molecule has 5 nitrogen and oxygen atoms in total. The van der Waals surface area contributed by atoms with Crippen LogP contribution in [0.3, 0.4) is 0 Å². The Bertz CT molecular complexity index is 594. The Morgan fingerprint density at radius 3 is 2.76 bits per heavy atom. The van der Waals surface area contributed by atoms with Crippen LogP contribution in [0.25, 0.3) is 0 Å². The highest BCUT2D eigenvalue weighted by molar-refractivity contribution is 6.33. The number of hydrogen-bond acceptors (Lipinski definition) is 5. The number of halogens is 1. The van der Waals surface area contributed by atoms with Gasteiger partial charge in [-0.2, -0.15) is 5.26 Å². The van der Waals surface area contributed by atoms with Crippen molar-refractivity contribution in [3.05, 3.63) is 41.3 Å². The number of hydrogen-bond donors (Lipinski definition) is 1. The fourth-order valence-electron chi connectivity index (χ4n) is 1.16. The zero-order chi connectivity index (χ0) is 12.3. The van der Waals surface area contributed by atoms with Gasteiger partial charge in [-0.3, -0.25) is 0 Å². The third-order valence-electron chi connectivity index (χ3n) is 1.96. The van der Waals surface area contributed by atoms with Crippen molar-refractivity contribution in [2.75, 3.05) is 5.73 Å². The molecule has 0 saturated carbocycles. The summed E-state index contributed by atoms with van der Waals surface area (Å²) >= 11 is 5.85. The Labute approximate surface area is 102 Å². The SMILES string of the molecule is N#Cc1nccnc1Oc1ccc(N)c(Cl)c1. The molecule has 6 heteroatoms. The fraction of sp³-hybridized carbons (Fsp3) is 0. The van der Waals surface area contributed by atoms with Crippen LogP contribution >= 0.6 is 11.6 Å². The topological polar surface area (TPSA) is 84.8 Å². The van der Waals surface area contributed by atoms with E-state index in [-0.39, 0.29) is 11.6 Å². The van der Waals surface area contributed by atoms with E-state index in [4.69, 9.17) is 27.3 Å². The predicted octanol–water partition coefficient (Wildman–Crippen LogP) is 2.38. The molecule has 0 aliphatic carbocycles. The number of nitrogens with zero attached hydrogens (tertiary/aromatic N) is 3. The lowest BCUT2D eigenvalue weighted by Crippen LogP contribution is -1.94. The maximum atomic E-state index is 8.82. The molecule has 0 spiro atoms. The number of nitriles is 1. The molecule has 0 amide bonds. The highest BCUT2D eigenvalue weighted by Crippen LogP contribution is 2.27. The Balaban J connectivity index is 2.32. The van der Waals surface area contributed by atoms with E-state index in [1.165, 1.54) is 12.4 Å². The number of rotatable bonds is 2. The number of ether oxygens (including phenoxy) is 1. The Hall–Kier alpha value is -2.32. The summed E-state index contributed by atoms with van der Waals surface area (Å²) < 4.78 is 5.40. The summed E-state index contributed by atoms with van der Waals surface area (Å²) in [6.45, 7) is 0. The lowest BCUT2D eigenvalue weighted by atomic mass is 10.3. The van der Waals surface area contributed by atoms with Gasteiger partial charge in [0.2, 0.25) is 5.69 Å². The largest absolute Gasteiger partial charge is 0.436 e. The first-order valence-corrected chi connectivity index (χ1v) is 5.02. The van der Waals surface area contributed by atoms with Crippen molar-refractivity contribution in [3.63, 3.8) is 0 Å². The minimum atomic E-state index is 0.112. The summed E-state index contributed by atoms with van der Waals surface area (Å²) in [5.74, 6) is 0.581. The molecule has 2 rings (SSSR count). The lowest BCUT2D eigenvalue weighted by Gasteiger charge is -2.06. The summed E-state index contributed by atoms with van der Waals surface area (Å²) in [7, 11) is 0. The number of benzene rings is 1. The van der Waals surface area contributed by atoms with Crippen LogP contribution < -0.4 is 10.5 Å². The van der Waals surface area contributed by atoms with Gasteiger partial charge in [-0.15, -0.1) is 0 Å². The number of nitrogen functional groups attached to an aromatic ring is 1. The van der Waals surface area contributed by atoms with Gasteiger partial charge in [0.25, 0.3) is 5.88 Å². The molecular weight excluding hydrogens is 240 g/mol. The first kappa shape index (κ1) is 11.2. The molecule has 0 aliphatic heterocycles. The normalized spacial score (nSPS) is 9.65. The average molecular weight is 247 g/mol. The van der Waals surface area contributed by atoms with Gasteiger partial charge in [-0.25, -0.2) is 9.97 Å². The maximum Gasteiger partial charge on any atom is 0.256 e. The first-order valence-electron chi connectivity index (χ1n) is 4.64. The summed E-state index contributed by atoms with van der Waals surface area (Å²) in [6, 6.07) is 6.68. The molecule has 84 valence electrons. The predicted molar refractivity (Wildman–Crippen MR) is 62.7 cm³/mol. The summed E-state index contributed by atoms with van der Waals surface area (Å²) in [5, 5.41) is 9.20. The smallest absolute Gasteiger partial charge is 0.256 e. The molecule has 0 unspecified atom stereocenters. The second-order valence-electron chi connectivity index (χ2n) is 3.11. The zero-order valence-corrected chi connectivity index (χ0v) is 9.35. The third kappa shape index (κ3) is 2.44. The van der Waals surface area contributed by atoms with Gasteiger partial charge in [0.05, 0.1) is 10.7 Å². The van der Waals surface area contributed by atoms with Crippen molar-refractivity contribution in [2.24, 2.45) is 0 Å². The van der Waals surface area contributed by atoms with E-state index in [1.807, 2.05) is 6.07 Å². The molecule has 2 aromatic rings. The van der Waals surface area contributed by atoms with Crippen molar-refractivity contribution < 1.29 is 4.74 Å². The van der Waals surface area contributed by atoms with Crippen LogP contribution in [-0.2, 0) is 0 Å².